The van der Waals surface area contributed by atoms with Crippen LogP contribution in [0.3, 0.4) is 0 Å². The van der Waals surface area contributed by atoms with Gasteiger partial charge >= 0.3 is 0 Å². The molecule has 0 fully saturated rings. The van der Waals surface area contributed by atoms with E-state index in [9.17, 15) is 8.42 Å². The fourth-order valence-electron chi connectivity index (χ4n) is 2.43. The second-order valence-electron chi connectivity index (χ2n) is 5.37. The van der Waals surface area contributed by atoms with Crippen molar-refractivity contribution >= 4 is 21.6 Å². The van der Waals surface area contributed by atoms with Gasteiger partial charge in [0.1, 0.15) is 0 Å². The molecule has 0 aliphatic rings. The summed E-state index contributed by atoms with van der Waals surface area (Å²) >= 11 is 0. The Labute approximate surface area is 147 Å². The summed E-state index contributed by atoms with van der Waals surface area (Å²) in [6, 6.07) is 26.7. The summed E-state index contributed by atoms with van der Waals surface area (Å²) in [5.41, 5.74) is 1.98. The zero-order chi connectivity index (χ0) is 16.8. The van der Waals surface area contributed by atoms with Gasteiger partial charge in [-0.15, -0.1) is 0 Å². The molecule has 0 saturated heterocycles. The quantitative estimate of drug-likeness (QED) is 0.661. The Kier molecular flexibility index (Phi) is 5.72. The van der Waals surface area contributed by atoms with Crippen LogP contribution in [0.1, 0.15) is 11.1 Å². The van der Waals surface area contributed by atoms with Crippen molar-refractivity contribution < 1.29 is 8.42 Å². The van der Waals surface area contributed by atoms with Crippen molar-refractivity contribution in [2.75, 3.05) is 0 Å². The lowest BCUT2D eigenvalue weighted by atomic mass is 10.1. The van der Waals surface area contributed by atoms with E-state index in [1.807, 2.05) is 84.9 Å². The molecule has 0 bridgehead atoms. The van der Waals surface area contributed by atoms with E-state index in [0.717, 1.165) is 20.9 Å². The maximum atomic E-state index is 12.6. The van der Waals surface area contributed by atoms with Crippen LogP contribution in [0, 0.1) is 0 Å². The molecule has 0 amide bonds. The molecule has 3 rings (SSSR count). The van der Waals surface area contributed by atoms with E-state index in [-0.39, 0.29) is 0 Å². The smallest absolute Gasteiger partial charge is 0.0574 e. The summed E-state index contributed by atoms with van der Waals surface area (Å²) in [5, 5.41) is 0. The topological polar surface area (TPSA) is 34.1 Å². The van der Waals surface area contributed by atoms with Gasteiger partial charge in [-0.3, -0.25) is 8.42 Å². The maximum Gasteiger partial charge on any atom is 0.0574 e. The van der Waals surface area contributed by atoms with Gasteiger partial charge in [0.05, 0.1) is 33.1 Å². The molecule has 3 aromatic rings. The van der Waals surface area contributed by atoms with Crippen molar-refractivity contribution in [1.82, 2.24) is 0 Å². The van der Waals surface area contributed by atoms with E-state index in [1.165, 1.54) is 0 Å². The van der Waals surface area contributed by atoms with Crippen LogP contribution < -0.4 is 0 Å². The van der Waals surface area contributed by atoms with E-state index in [1.54, 1.807) is 0 Å². The summed E-state index contributed by atoms with van der Waals surface area (Å²) in [4.78, 5) is 1.63. The predicted octanol–water partition coefficient (Wildman–Crippen LogP) is 4.30. The highest BCUT2D eigenvalue weighted by Crippen LogP contribution is 2.19. The van der Waals surface area contributed by atoms with E-state index in [4.69, 9.17) is 0 Å². The highest BCUT2D eigenvalue weighted by atomic mass is 32.2. The van der Waals surface area contributed by atoms with Crippen molar-refractivity contribution in [2.45, 2.75) is 21.3 Å². The molecule has 0 N–H and O–H groups in total. The third kappa shape index (κ3) is 4.28. The molecular formula is C20H18O2S2. The van der Waals surface area contributed by atoms with Gasteiger partial charge in [-0.2, -0.15) is 0 Å². The third-order valence-corrected chi connectivity index (χ3v) is 6.45. The average molecular weight is 354 g/mol. The van der Waals surface area contributed by atoms with E-state index >= 15 is 0 Å². The third-order valence-electron chi connectivity index (χ3n) is 3.70. The van der Waals surface area contributed by atoms with Gasteiger partial charge in [0, 0.05) is 9.79 Å². The van der Waals surface area contributed by atoms with Crippen LogP contribution in [0.2, 0.25) is 0 Å². The van der Waals surface area contributed by atoms with Crippen LogP contribution in [0.4, 0.5) is 0 Å². The van der Waals surface area contributed by atoms with Crippen LogP contribution in [-0.4, -0.2) is 8.42 Å². The minimum absolute atomic E-state index is 0.437. The first kappa shape index (κ1) is 16.8. The van der Waals surface area contributed by atoms with Gasteiger partial charge in [0.15, 0.2) is 0 Å². The van der Waals surface area contributed by atoms with Crippen LogP contribution in [0.5, 0.6) is 0 Å². The van der Waals surface area contributed by atoms with Gasteiger partial charge in [0.25, 0.3) is 0 Å². The predicted molar refractivity (Wildman–Crippen MR) is 99.6 cm³/mol. The molecule has 2 nitrogen and oxygen atoms in total. The Morgan fingerprint density at radius 3 is 1.21 bits per heavy atom. The fraction of sp³-hybridized carbons (Fsp3) is 0.100. The van der Waals surface area contributed by atoms with Crippen molar-refractivity contribution in [3.05, 3.63) is 96.1 Å². The molecule has 4 heteroatoms. The lowest BCUT2D eigenvalue weighted by molar-refractivity contribution is 0.680. The lowest BCUT2D eigenvalue weighted by Gasteiger charge is -2.10. The van der Waals surface area contributed by atoms with Crippen LogP contribution in [-0.2, 0) is 33.1 Å². The number of hydrogen-bond donors (Lipinski definition) is 0. The fourth-order valence-corrected chi connectivity index (χ4v) is 4.82. The van der Waals surface area contributed by atoms with Crippen LogP contribution in [0.15, 0.2) is 94.7 Å². The van der Waals surface area contributed by atoms with Crippen molar-refractivity contribution in [3.63, 3.8) is 0 Å². The maximum absolute atomic E-state index is 12.6. The molecule has 2 unspecified atom stereocenters. The highest BCUT2D eigenvalue weighted by Gasteiger charge is 2.11. The van der Waals surface area contributed by atoms with Gasteiger partial charge in [-0.25, -0.2) is 0 Å². The minimum atomic E-state index is -1.10. The lowest BCUT2D eigenvalue weighted by Crippen LogP contribution is -2.03. The van der Waals surface area contributed by atoms with Crippen LogP contribution >= 0.6 is 0 Å². The Morgan fingerprint density at radius 2 is 0.833 bits per heavy atom. The zero-order valence-corrected chi connectivity index (χ0v) is 14.8. The number of hydrogen-bond acceptors (Lipinski definition) is 2. The molecule has 0 aliphatic carbocycles. The molecule has 24 heavy (non-hydrogen) atoms. The number of rotatable bonds is 6. The largest absolute Gasteiger partial charge is 0.254 e. The summed E-state index contributed by atoms with van der Waals surface area (Å²) in [7, 11) is -2.21. The molecule has 0 heterocycles. The van der Waals surface area contributed by atoms with Crippen molar-refractivity contribution in [3.8, 4) is 0 Å². The molecule has 0 radical (unpaired) electrons. The Hall–Kier alpha value is -2.04. The van der Waals surface area contributed by atoms with Gasteiger partial charge < -0.3 is 0 Å². The summed E-state index contributed by atoms with van der Waals surface area (Å²) in [6.07, 6.45) is 0. The van der Waals surface area contributed by atoms with Gasteiger partial charge in [-0.1, -0.05) is 60.7 Å². The van der Waals surface area contributed by atoms with Crippen molar-refractivity contribution in [2.24, 2.45) is 0 Å². The van der Waals surface area contributed by atoms with Crippen molar-refractivity contribution in [1.29, 1.82) is 0 Å². The summed E-state index contributed by atoms with van der Waals surface area (Å²) in [5.74, 6) is 0.873. The summed E-state index contributed by atoms with van der Waals surface area (Å²) < 4.78 is 25.1. The minimum Gasteiger partial charge on any atom is -0.254 e. The second-order valence-corrected chi connectivity index (χ2v) is 8.28. The standard InChI is InChI=1S/C20H18O2S2/c21-23(19-11-3-1-4-12-19)15-17-9-7-8-10-18(17)16-24(22)20-13-5-2-6-14-20/h1-14H,15-16H2. The summed E-state index contributed by atoms with van der Waals surface area (Å²) in [6.45, 7) is 0. The molecule has 0 saturated carbocycles. The molecule has 0 aromatic heterocycles. The molecule has 2 atom stereocenters. The molecular weight excluding hydrogens is 336 g/mol. The first-order valence-corrected chi connectivity index (χ1v) is 10.3. The van der Waals surface area contributed by atoms with Crippen LogP contribution in [0.25, 0.3) is 0 Å². The molecule has 3 aromatic carbocycles. The average Bonchev–Trinajstić information content (AvgIpc) is 2.64. The monoisotopic (exact) mass is 354 g/mol. The molecule has 0 aliphatic heterocycles. The van der Waals surface area contributed by atoms with E-state index < -0.39 is 21.6 Å². The zero-order valence-electron chi connectivity index (χ0n) is 13.1. The van der Waals surface area contributed by atoms with E-state index in [0.29, 0.717) is 11.5 Å². The molecule has 122 valence electrons. The Bertz CT molecular complexity index is 773. The number of benzene rings is 3. The Balaban J connectivity index is 1.78. The highest BCUT2D eigenvalue weighted by molar-refractivity contribution is 7.84. The molecule has 0 spiro atoms. The first-order valence-electron chi connectivity index (χ1n) is 7.67. The Morgan fingerprint density at radius 1 is 0.500 bits per heavy atom. The van der Waals surface area contributed by atoms with E-state index in [2.05, 4.69) is 0 Å². The van der Waals surface area contributed by atoms with Gasteiger partial charge in [-0.05, 0) is 35.4 Å². The van der Waals surface area contributed by atoms with Gasteiger partial charge in [0.2, 0.25) is 0 Å². The normalized spacial score (nSPS) is 13.3. The second kappa shape index (κ2) is 8.18. The SMILES string of the molecule is O=S(Cc1ccccc1CS(=O)c1ccccc1)c1ccccc1. The first-order chi connectivity index (χ1) is 11.7.